The van der Waals surface area contributed by atoms with Crippen LogP contribution >= 0.6 is 0 Å². The Morgan fingerprint density at radius 3 is 1.88 bits per heavy atom. The lowest BCUT2D eigenvalue weighted by Crippen LogP contribution is -2.28. The van der Waals surface area contributed by atoms with E-state index in [0.29, 0.717) is 0 Å². The Morgan fingerprint density at radius 2 is 1.08 bits per heavy atom. The second-order valence-corrected chi connectivity index (χ2v) is 12.9. The molecule has 1 aliphatic rings. The summed E-state index contributed by atoms with van der Waals surface area (Å²) in [5.74, 6) is 0. The van der Waals surface area contributed by atoms with Crippen molar-refractivity contribution in [1.82, 2.24) is 14.4 Å². The zero-order valence-corrected chi connectivity index (χ0v) is 25.9. The van der Waals surface area contributed by atoms with Crippen LogP contribution in [0.1, 0.15) is 22.3 Å². The van der Waals surface area contributed by atoms with E-state index in [2.05, 4.69) is 144 Å². The largest absolute Gasteiger partial charge is 0.291 e. The van der Waals surface area contributed by atoms with E-state index in [9.17, 15) is 0 Å². The van der Waals surface area contributed by atoms with Crippen molar-refractivity contribution < 1.29 is 0 Å². The van der Waals surface area contributed by atoms with Crippen molar-refractivity contribution in [2.24, 2.45) is 0 Å². The Labute approximate surface area is 276 Å². The molecule has 0 unspecified atom stereocenters. The predicted octanol–water partition coefficient (Wildman–Crippen LogP) is 10.8. The zero-order chi connectivity index (χ0) is 31.4. The van der Waals surface area contributed by atoms with Gasteiger partial charge in [-0.1, -0.05) is 140 Å². The fourth-order valence-electron chi connectivity index (χ4n) is 8.71. The van der Waals surface area contributed by atoms with Gasteiger partial charge in [-0.15, -0.1) is 0 Å². The molecule has 3 nitrogen and oxygen atoms in total. The van der Waals surface area contributed by atoms with Gasteiger partial charge in [-0.3, -0.25) is 4.40 Å². The molecule has 48 heavy (non-hydrogen) atoms. The van der Waals surface area contributed by atoms with E-state index in [1.807, 2.05) is 24.3 Å². The van der Waals surface area contributed by atoms with E-state index >= 15 is 0 Å². The molecule has 0 saturated carbocycles. The number of hydrogen-bond acceptors (Lipinski definition) is 2. The van der Waals surface area contributed by atoms with Crippen LogP contribution in [0.25, 0.3) is 71.6 Å². The van der Waals surface area contributed by atoms with Gasteiger partial charge in [0.1, 0.15) is 5.52 Å². The van der Waals surface area contributed by atoms with Gasteiger partial charge in [0.05, 0.1) is 27.5 Å². The summed E-state index contributed by atoms with van der Waals surface area (Å²) in [6.45, 7) is 0. The minimum absolute atomic E-state index is 0.407. The van der Waals surface area contributed by atoms with Gasteiger partial charge in [0.2, 0.25) is 0 Å². The van der Waals surface area contributed by atoms with Gasteiger partial charge in [0.25, 0.3) is 0 Å². The number of rotatable bonds is 3. The second-order valence-electron chi connectivity index (χ2n) is 12.9. The molecule has 3 heteroatoms. The highest BCUT2D eigenvalue weighted by Crippen LogP contribution is 2.57. The van der Waals surface area contributed by atoms with Crippen molar-refractivity contribution in [2.75, 3.05) is 0 Å². The van der Waals surface area contributed by atoms with Crippen LogP contribution in [0.15, 0.2) is 164 Å². The van der Waals surface area contributed by atoms with Crippen molar-refractivity contribution in [2.45, 2.75) is 5.41 Å². The molecule has 222 valence electrons. The molecular weight excluding hydrogens is 583 g/mol. The molecule has 1 aliphatic carbocycles. The van der Waals surface area contributed by atoms with E-state index < -0.39 is 5.41 Å². The Bertz CT molecular complexity index is 2850. The quantitative estimate of drug-likeness (QED) is 0.199. The standard InChI is InChI=1S/C45H27N3/c1-3-13-29(14-4-1)45(30-15-5-2-6-16-30)36-21-8-7-17-32(36)35-27-28(25-26-37(35)45)31-18-12-24-40-41(31)33-19-11-20-34-42-44(48(40)43(33)34)47-39-23-10-9-22-38(39)46-42/h1-27H. The Hall–Kier alpha value is -6.32. The number of hydrogen-bond donors (Lipinski definition) is 0. The molecule has 7 aromatic carbocycles. The Kier molecular flexibility index (Phi) is 5.04. The smallest absolute Gasteiger partial charge is 0.165 e. The van der Waals surface area contributed by atoms with Gasteiger partial charge >= 0.3 is 0 Å². The Morgan fingerprint density at radius 1 is 0.458 bits per heavy atom. The SMILES string of the molecule is c1ccc(C2(c3ccccc3)c3ccccc3-c3cc(-c4cccc5c4c4cccc6c7nc8ccccc8nc7n5c64)ccc32)cc1. The second kappa shape index (κ2) is 9.37. The number of fused-ring (bicyclic) bond motifs is 10. The molecule has 0 N–H and O–H groups in total. The van der Waals surface area contributed by atoms with Crippen molar-refractivity contribution in [3.05, 3.63) is 186 Å². The minimum Gasteiger partial charge on any atom is -0.291 e. The van der Waals surface area contributed by atoms with Crippen molar-refractivity contribution in [1.29, 1.82) is 0 Å². The summed E-state index contributed by atoms with van der Waals surface area (Å²) in [4.78, 5) is 10.3. The van der Waals surface area contributed by atoms with Crippen LogP contribution in [-0.4, -0.2) is 14.4 Å². The van der Waals surface area contributed by atoms with Crippen LogP contribution in [0.5, 0.6) is 0 Å². The summed E-state index contributed by atoms with van der Waals surface area (Å²) in [6.07, 6.45) is 0. The average Bonchev–Trinajstić information content (AvgIpc) is 3.78. The van der Waals surface area contributed by atoms with Crippen molar-refractivity contribution >= 4 is 49.4 Å². The summed E-state index contributed by atoms with van der Waals surface area (Å²) in [5.41, 5.74) is 15.8. The maximum atomic E-state index is 5.17. The van der Waals surface area contributed by atoms with Crippen LogP contribution in [-0.2, 0) is 5.41 Å². The van der Waals surface area contributed by atoms with Gasteiger partial charge in [-0.25, -0.2) is 9.97 Å². The summed E-state index contributed by atoms with van der Waals surface area (Å²) >= 11 is 0. The summed E-state index contributed by atoms with van der Waals surface area (Å²) in [5, 5.41) is 3.62. The van der Waals surface area contributed by atoms with Gasteiger partial charge in [0.15, 0.2) is 5.65 Å². The maximum Gasteiger partial charge on any atom is 0.165 e. The molecule has 0 amide bonds. The van der Waals surface area contributed by atoms with Crippen LogP contribution in [0.2, 0.25) is 0 Å². The van der Waals surface area contributed by atoms with Crippen LogP contribution in [0, 0.1) is 0 Å². The fourth-order valence-corrected chi connectivity index (χ4v) is 8.71. The van der Waals surface area contributed by atoms with Crippen molar-refractivity contribution in [3.63, 3.8) is 0 Å². The number of benzene rings is 7. The summed E-state index contributed by atoms with van der Waals surface area (Å²) in [6, 6.07) is 59.5. The molecule has 0 saturated heterocycles. The monoisotopic (exact) mass is 609 g/mol. The Balaban J connectivity index is 1.21. The first-order valence-corrected chi connectivity index (χ1v) is 16.5. The third-order valence-corrected chi connectivity index (χ3v) is 10.6. The molecule has 3 aromatic heterocycles. The molecule has 11 rings (SSSR count). The first-order chi connectivity index (χ1) is 23.8. The molecular formula is C45H27N3. The van der Waals surface area contributed by atoms with Crippen molar-refractivity contribution in [3.8, 4) is 22.3 Å². The zero-order valence-electron chi connectivity index (χ0n) is 25.9. The number of aromatic nitrogens is 3. The van der Waals surface area contributed by atoms with E-state index in [1.54, 1.807) is 0 Å². The van der Waals surface area contributed by atoms with E-state index in [0.717, 1.165) is 33.1 Å². The fraction of sp³-hybridized carbons (Fsp3) is 0.0222. The molecule has 3 heterocycles. The molecule has 0 bridgehead atoms. The molecule has 0 aliphatic heterocycles. The lowest BCUT2D eigenvalue weighted by molar-refractivity contribution is 0.768. The van der Waals surface area contributed by atoms with E-state index in [1.165, 1.54) is 60.8 Å². The molecule has 0 fully saturated rings. The van der Waals surface area contributed by atoms with Crippen LogP contribution < -0.4 is 0 Å². The maximum absolute atomic E-state index is 5.17. The van der Waals surface area contributed by atoms with Crippen LogP contribution in [0.4, 0.5) is 0 Å². The van der Waals surface area contributed by atoms with Gasteiger partial charge < -0.3 is 0 Å². The van der Waals surface area contributed by atoms with E-state index in [-0.39, 0.29) is 0 Å². The normalized spacial score (nSPS) is 13.6. The molecule has 0 atom stereocenters. The highest BCUT2D eigenvalue weighted by Gasteiger charge is 2.46. The lowest BCUT2D eigenvalue weighted by atomic mass is 9.67. The average molecular weight is 610 g/mol. The predicted molar refractivity (Wildman–Crippen MR) is 197 cm³/mol. The summed E-state index contributed by atoms with van der Waals surface area (Å²) in [7, 11) is 0. The molecule has 0 radical (unpaired) electrons. The van der Waals surface area contributed by atoms with Crippen LogP contribution in [0.3, 0.4) is 0 Å². The topological polar surface area (TPSA) is 30.2 Å². The van der Waals surface area contributed by atoms with Gasteiger partial charge in [-0.2, -0.15) is 0 Å². The third-order valence-electron chi connectivity index (χ3n) is 10.6. The summed E-state index contributed by atoms with van der Waals surface area (Å²) < 4.78 is 2.33. The highest BCUT2D eigenvalue weighted by molar-refractivity contribution is 6.25. The third kappa shape index (κ3) is 3.18. The van der Waals surface area contributed by atoms with Gasteiger partial charge in [0, 0.05) is 16.2 Å². The number of para-hydroxylation sites is 3. The van der Waals surface area contributed by atoms with E-state index in [4.69, 9.17) is 9.97 Å². The first kappa shape index (κ1) is 25.8. The number of nitrogens with zero attached hydrogens (tertiary/aromatic N) is 3. The highest BCUT2D eigenvalue weighted by atomic mass is 15.0. The first-order valence-electron chi connectivity index (χ1n) is 16.5. The molecule has 0 spiro atoms. The molecule has 10 aromatic rings. The lowest BCUT2D eigenvalue weighted by Gasteiger charge is -2.33. The van der Waals surface area contributed by atoms with Gasteiger partial charge in [-0.05, 0) is 68.8 Å². The minimum atomic E-state index is -0.407.